The van der Waals surface area contributed by atoms with Crippen molar-refractivity contribution in [3.8, 4) is 6.07 Å². The van der Waals surface area contributed by atoms with E-state index in [0.717, 1.165) is 24.3 Å². The highest BCUT2D eigenvalue weighted by molar-refractivity contribution is 7.91. The van der Waals surface area contributed by atoms with Crippen LogP contribution in [-0.2, 0) is 30.1 Å². The summed E-state index contributed by atoms with van der Waals surface area (Å²) in [5.41, 5.74) is -0.0971. The van der Waals surface area contributed by atoms with Gasteiger partial charge in [0.15, 0.2) is 15.7 Å². The maximum atomic E-state index is 12.2. The maximum absolute atomic E-state index is 12.2. The molecule has 246 valence electrons. The van der Waals surface area contributed by atoms with Gasteiger partial charge in [0.2, 0.25) is 0 Å². The van der Waals surface area contributed by atoms with Gasteiger partial charge in [0.1, 0.15) is 28.2 Å². The smallest absolute Gasteiger partial charge is 0.296 e. The SMILES string of the molecule is Cc1c(C#N)c(NCCO)nc(NCCS(=O)(=O)CCO)c1/N=N/c1ccc(/N=N/c2ccc(S(=O)(=O)O)cc2)cc1S(=O)(=O)O. The van der Waals surface area contributed by atoms with Crippen LogP contribution in [0.1, 0.15) is 11.1 Å². The second-order valence-electron chi connectivity index (χ2n) is 9.22. The Hall–Kier alpha value is -4.43. The molecule has 3 rings (SSSR count). The van der Waals surface area contributed by atoms with Crippen LogP contribution < -0.4 is 10.6 Å². The highest BCUT2D eigenvalue weighted by Crippen LogP contribution is 2.36. The third kappa shape index (κ3) is 9.78. The van der Waals surface area contributed by atoms with Crippen molar-refractivity contribution in [1.29, 1.82) is 5.26 Å². The minimum atomic E-state index is -4.91. The van der Waals surface area contributed by atoms with E-state index < -0.39 is 53.1 Å². The number of aliphatic hydroxyl groups is 2. The van der Waals surface area contributed by atoms with Crippen LogP contribution in [0, 0.1) is 18.3 Å². The highest BCUT2D eigenvalue weighted by atomic mass is 32.2. The summed E-state index contributed by atoms with van der Waals surface area (Å²) in [4.78, 5) is 3.19. The minimum Gasteiger partial charge on any atom is -0.395 e. The van der Waals surface area contributed by atoms with Crippen molar-refractivity contribution >= 4 is 64.5 Å². The molecule has 1 aromatic heterocycles. The average Bonchev–Trinajstić information content (AvgIpc) is 2.98. The number of aromatic nitrogens is 1. The monoisotopic (exact) mass is 696 g/mol. The molecule has 0 bridgehead atoms. The summed E-state index contributed by atoms with van der Waals surface area (Å²) in [7, 11) is -12.9. The molecule has 0 spiro atoms. The van der Waals surface area contributed by atoms with E-state index in [-0.39, 0.29) is 70.1 Å². The molecule has 0 amide bonds. The molecule has 1 heterocycles. The molecule has 21 heteroatoms. The molecule has 0 fully saturated rings. The number of nitrogens with zero attached hydrogens (tertiary/aromatic N) is 6. The topological polar surface area (TPSA) is 294 Å². The summed E-state index contributed by atoms with van der Waals surface area (Å²) >= 11 is 0. The third-order valence-corrected chi connectivity index (χ3v) is 9.31. The highest BCUT2D eigenvalue weighted by Gasteiger charge is 2.20. The van der Waals surface area contributed by atoms with Crippen LogP contribution in [0.4, 0.5) is 34.4 Å². The number of rotatable bonds is 15. The summed E-state index contributed by atoms with van der Waals surface area (Å²) < 4.78 is 89.9. The van der Waals surface area contributed by atoms with E-state index in [1.165, 1.54) is 25.1 Å². The molecule has 0 atom stereocenters. The maximum Gasteiger partial charge on any atom is 0.296 e. The Kier molecular flexibility index (Phi) is 11.9. The number of sulfone groups is 1. The number of benzene rings is 2. The first kappa shape index (κ1) is 36.0. The number of hydrogen-bond acceptors (Lipinski definition) is 16. The van der Waals surface area contributed by atoms with Gasteiger partial charge in [-0.05, 0) is 49.4 Å². The predicted octanol–water partition coefficient (Wildman–Crippen LogP) is 2.81. The largest absolute Gasteiger partial charge is 0.395 e. The molecule has 6 N–H and O–H groups in total. The standard InChI is InChI=1S/C25H28N8O10S3/c1-16-20(15-26)24(27-8-10-34)29-25(28-9-12-44(36,37)13-11-35)23(16)33-32-21-7-4-18(14-22(21)46(41,42)43)31-30-17-2-5-19(6-3-17)45(38,39)40/h2-7,14,34-35H,8-13H2,1H3,(H2,27,28,29)(H,38,39,40)(H,41,42,43)/b31-30+,33-32+. The molecule has 0 saturated heterocycles. The number of pyridine rings is 1. The van der Waals surface area contributed by atoms with E-state index in [1.807, 2.05) is 6.07 Å². The Bertz CT molecular complexity index is 2010. The quantitative estimate of drug-likeness (QED) is 0.0984. The molecule has 0 aliphatic heterocycles. The van der Waals surface area contributed by atoms with E-state index in [9.17, 15) is 40.2 Å². The van der Waals surface area contributed by atoms with Crippen molar-refractivity contribution in [2.45, 2.75) is 16.7 Å². The van der Waals surface area contributed by atoms with Crippen molar-refractivity contribution in [3.05, 3.63) is 53.6 Å². The zero-order chi connectivity index (χ0) is 34.1. The first-order valence-electron chi connectivity index (χ1n) is 13.0. The molecular formula is C25H28N8O10S3. The van der Waals surface area contributed by atoms with E-state index in [4.69, 9.17) is 9.66 Å². The molecule has 0 radical (unpaired) electrons. The van der Waals surface area contributed by atoms with Gasteiger partial charge in [-0.1, -0.05) is 0 Å². The summed E-state index contributed by atoms with van der Waals surface area (Å²) in [5, 5.41) is 49.2. The first-order valence-corrected chi connectivity index (χ1v) is 17.7. The van der Waals surface area contributed by atoms with Crippen LogP contribution >= 0.6 is 0 Å². The number of azo groups is 2. The Labute approximate surface area is 264 Å². The van der Waals surface area contributed by atoms with Gasteiger partial charge >= 0.3 is 0 Å². The number of hydrogen-bond donors (Lipinski definition) is 6. The van der Waals surface area contributed by atoms with E-state index in [0.29, 0.717) is 0 Å². The van der Waals surface area contributed by atoms with Crippen molar-refractivity contribution in [2.24, 2.45) is 20.5 Å². The van der Waals surface area contributed by atoms with Gasteiger partial charge in [0.25, 0.3) is 20.2 Å². The zero-order valence-electron chi connectivity index (χ0n) is 23.9. The minimum absolute atomic E-state index is 0.0104. The zero-order valence-corrected chi connectivity index (χ0v) is 26.4. The summed E-state index contributed by atoms with van der Waals surface area (Å²) in [6, 6.07) is 9.98. The molecule has 0 aliphatic rings. The van der Waals surface area contributed by atoms with Crippen LogP contribution in [0.15, 0.2) is 72.7 Å². The van der Waals surface area contributed by atoms with Gasteiger partial charge < -0.3 is 20.8 Å². The van der Waals surface area contributed by atoms with Crippen molar-refractivity contribution in [2.75, 3.05) is 48.4 Å². The predicted molar refractivity (Wildman–Crippen MR) is 164 cm³/mol. The Morgan fingerprint density at radius 1 is 0.783 bits per heavy atom. The van der Waals surface area contributed by atoms with Gasteiger partial charge in [-0.15, -0.1) is 10.2 Å². The third-order valence-electron chi connectivity index (χ3n) is 5.93. The second kappa shape index (κ2) is 15.2. The summed E-state index contributed by atoms with van der Waals surface area (Å²) in [6.45, 7) is 0.484. The van der Waals surface area contributed by atoms with Crippen molar-refractivity contribution in [3.63, 3.8) is 0 Å². The molecule has 46 heavy (non-hydrogen) atoms. The van der Waals surface area contributed by atoms with E-state index >= 15 is 0 Å². The van der Waals surface area contributed by atoms with Gasteiger partial charge in [-0.2, -0.15) is 32.3 Å². The molecule has 0 unspecified atom stereocenters. The lowest BCUT2D eigenvalue weighted by molar-refractivity contribution is 0.311. The fourth-order valence-corrected chi connectivity index (χ4v) is 5.72. The molecule has 0 saturated carbocycles. The van der Waals surface area contributed by atoms with Crippen molar-refractivity contribution in [1.82, 2.24) is 4.98 Å². The number of aliphatic hydroxyl groups excluding tert-OH is 2. The summed E-state index contributed by atoms with van der Waals surface area (Å²) in [5.74, 6) is -0.843. The molecule has 3 aromatic rings. The lowest BCUT2D eigenvalue weighted by atomic mass is 10.1. The first-order chi connectivity index (χ1) is 21.6. The molecule has 0 aliphatic carbocycles. The van der Waals surface area contributed by atoms with Gasteiger partial charge in [-0.25, -0.2) is 13.4 Å². The lowest BCUT2D eigenvalue weighted by Crippen LogP contribution is -2.21. The lowest BCUT2D eigenvalue weighted by Gasteiger charge is -2.15. The van der Waals surface area contributed by atoms with Gasteiger partial charge in [0, 0.05) is 18.7 Å². The van der Waals surface area contributed by atoms with Gasteiger partial charge in [-0.3, -0.25) is 9.11 Å². The fraction of sp³-hybridized carbons (Fsp3) is 0.280. The Balaban J connectivity index is 2.02. The normalized spacial score (nSPS) is 12.4. The Morgan fingerprint density at radius 3 is 2.00 bits per heavy atom. The number of nitrogens with one attached hydrogen (secondary N) is 2. The van der Waals surface area contributed by atoms with Crippen LogP contribution in [-0.4, -0.2) is 87.4 Å². The van der Waals surface area contributed by atoms with Crippen LogP contribution in [0.5, 0.6) is 0 Å². The molecule has 18 nitrogen and oxygen atoms in total. The average molecular weight is 697 g/mol. The van der Waals surface area contributed by atoms with E-state index in [2.05, 4.69) is 36.1 Å². The van der Waals surface area contributed by atoms with Crippen molar-refractivity contribution < 1.29 is 44.6 Å². The van der Waals surface area contributed by atoms with Gasteiger partial charge in [0.05, 0.1) is 46.6 Å². The van der Waals surface area contributed by atoms with Crippen LogP contribution in [0.3, 0.4) is 0 Å². The Morgan fingerprint density at radius 2 is 1.41 bits per heavy atom. The number of nitriles is 1. The molecule has 2 aromatic carbocycles. The van der Waals surface area contributed by atoms with Crippen LogP contribution in [0.2, 0.25) is 0 Å². The number of anilines is 2. The summed E-state index contributed by atoms with van der Waals surface area (Å²) in [6.07, 6.45) is 0. The molecular weight excluding hydrogens is 669 g/mol. The fourth-order valence-electron chi connectivity index (χ4n) is 3.70. The second-order valence-corrected chi connectivity index (χ2v) is 14.3. The van der Waals surface area contributed by atoms with E-state index in [1.54, 1.807) is 0 Å². The van der Waals surface area contributed by atoms with Crippen LogP contribution in [0.25, 0.3) is 0 Å².